The first-order valence-electron chi connectivity index (χ1n) is 8.34. The number of carbonyl (C=O) groups excluding carboxylic acids is 1. The minimum Gasteiger partial charge on any atom is -0.397 e. The van der Waals surface area contributed by atoms with Crippen LogP contribution in [0.4, 0.5) is 11.4 Å². The number of hydrazine groups is 1. The molecule has 0 unspecified atom stereocenters. The number of nitrogens with one attached hydrogen (secondary N) is 1. The van der Waals surface area contributed by atoms with E-state index < -0.39 is 0 Å². The van der Waals surface area contributed by atoms with Gasteiger partial charge in [0.25, 0.3) is 5.91 Å². The highest BCUT2D eigenvalue weighted by molar-refractivity contribution is 5.94. The van der Waals surface area contributed by atoms with E-state index >= 15 is 0 Å². The van der Waals surface area contributed by atoms with Crippen LogP contribution in [-0.2, 0) is 0 Å². The Hall–Kier alpha value is -2.53. The zero-order valence-corrected chi connectivity index (χ0v) is 14.0. The highest BCUT2D eigenvalue weighted by Gasteiger charge is 2.24. The third kappa shape index (κ3) is 3.21. The van der Waals surface area contributed by atoms with Crippen molar-refractivity contribution in [1.82, 2.24) is 4.90 Å². The van der Waals surface area contributed by atoms with E-state index in [0.717, 1.165) is 29.5 Å². The number of nitrogen functional groups attached to an aromatic ring is 2. The first-order chi connectivity index (χ1) is 11.6. The van der Waals surface area contributed by atoms with E-state index in [9.17, 15) is 4.79 Å². The molecule has 3 rings (SSSR count). The average molecular weight is 324 g/mol. The van der Waals surface area contributed by atoms with E-state index in [2.05, 4.69) is 5.43 Å². The molecular formula is C19H24N4O. The minimum absolute atomic E-state index is 0.0932. The average Bonchev–Trinajstić information content (AvgIpc) is 3.15. The van der Waals surface area contributed by atoms with Crippen molar-refractivity contribution in [3.63, 3.8) is 0 Å². The molecule has 2 aromatic rings. The molecule has 1 fully saturated rings. The Balaban J connectivity index is 1.77. The van der Waals surface area contributed by atoms with Gasteiger partial charge in [-0.3, -0.25) is 10.6 Å². The maximum Gasteiger partial charge on any atom is 0.253 e. The van der Waals surface area contributed by atoms with Gasteiger partial charge in [0.15, 0.2) is 0 Å². The van der Waals surface area contributed by atoms with E-state index in [1.807, 2.05) is 54.4 Å². The number of anilines is 2. The predicted octanol–water partition coefficient (Wildman–Crippen LogP) is 3.24. The lowest BCUT2D eigenvalue weighted by Gasteiger charge is -2.24. The minimum atomic E-state index is 0.0932. The molecular weight excluding hydrogens is 300 g/mol. The summed E-state index contributed by atoms with van der Waals surface area (Å²) in [5.74, 6) is 5.49. The Kier molecular flexibility index (Phi) is 4.71. The van der Waals surface area contributed by atoms with Gasteiger partial charge in [0.05, 0.1) is 11.4 Å². The molecule has 1 aliphatic rings. The van der Waals surface area contributed by atoms with Crippen LogP contribution in [-0.4, -0.2) is 23.9 Å². The molecule has 0 atom stereocenters. The molecule has 0 saturated heterocycles. The Morgan fingerprint density at radius 3 is 2.29 bits per heavy atom. The summed E-state index contributed by atoms with van der Waals surface area (Å²) >= 11 is 0. The second kappa shape index (κ2) is 6.93. The largest absolute Gasteiger partial charge is 0.397 e. The van der Waals surface area contributed by atoms with Crippen LogP contribution in [0.2, 0.25) is 0 Å². The highest BCUT2D eigenvalue weighted by Crippen LogP contribution is 2.28. The molecule has 0 spiro atoms. The van der Waals surface area contributed by atoms with E-state index in [0.29, 0.717) is 17.4 Å². The van der Waals surface area contributed by atoms with Gasteiger partial charge in [-0.15, -0.1) is 0 Å². The number of amides is 1. The first kappa shape index (κ1) is 16.3. The summed E-state index contributed by atoms with van der Waals surface area (Å²) in [6.07, 6.45) is 4.66. The number of benzene rings is 2. The molecule has 126 valence electrons. The molecule has 5 heteroatoms. The zero-order chi connectivity index (χ0) is 17.1. The summed E-state index contributed by atoms with van der Waals surface area (Å²) in [4.78, 5) is 14.5. The van der Waals surface area contributed by atoms with Crippen molar-refractivity contribution in [2.45, 2.75) is 31.7 Å². The van der Waals surface area contributed by atoms with Crippen LogP contribution < -0.4 is 17.0 Å². The molecule has 0 aromatic heterocycles. The highest BCUT2D eigenvalue weighted by atomic mass is 16.2. The van der Waals surface area contributed by atoms with Crippen molar-refractivity contribution in [2.75, 3.05) is 18.2 Å². The molecule has 2 aromatic carbocycles. The molecule has 5 N–H and O–H groups in total. The SMILES string of the molecule is CN(C(=O)c1ccc(-c2ccc(NN)c(N)c2)cc1)C1CCCC1. The van der Waals surface area contributed by atoms with Crippen LogP contribution in [0.25, 0.3) is 11.1 Å². The van der Waals surface area contributed by atoms with Crippen molar-refractivity contribution in [1.29, 1.82) is 0 Å². The second-order valence-electron chi connectivity index (χ2n) is 6.38. The van der Waals surface area contributed by atoms with Gasteiger partial charge in [0.2, 0.25) is 0 Å². The van der Waals surface area contributed by atoms with Gasteiger partial charge in [0.1, 0.15) is 0 Å². The Morgan fingerprint density at radius 2 is 1.71 bits per heavy atom. The topological polar surface area (TPSA) is 84.4 Å². The van der Waals surface area contributed by atoms with E-state index in [1.165, 1.54) is 12.8 Å². The Labute approximate surface area is 142 Å². The second-order valence-corrected chi connectivity index (χ2v) is 6.38. The summed E-state index contributed by atoms with van der Waals surface area (Å²) in [7, 11) is 1.91. The fourth-order valence-electron chi connectivity index (χ4n) is 3.34. The fraction of sp³-hybridized carbons (Fsp3) is 0.316. The molecule has 1 saturated carbocycles. The van der Waals surface area contributed by atoms with Crippen molar-refractivity contribution < 1.29 is 4.79 Å². The first-order valence-corrected chi connectivity index (χ1v) is 8.34. The van der Waals surface area contributed by atoms with Crippen LogP contribution in [0.3, 0.4) is 0 Å². The maximum atomic E-state index is 12.6. The molecule has 1 amide bonds. The van der Waals surface area contributed by atoms with Gasteiger partial charge >= 0.3 is 0 Å². The lowest BCUT2D eigenvalue weighted by Crippen LogP contribution is -2.35. The number of hydrogen-bond acceptors (Lipinski definition) is 4. The summed E-state index contributed by atoms with van der Waals surface area (Å²) in [5.41, 5.74) is 12.5. The quantitative estimate of drug-likeness (QED) is 0.458. The summed E-state index contributed by atoms with van der Waals surface area (Å²) < 4.78 is 0. The van der Waals surface area contributed by atoms with Crippen LogP contribution >= 0.6 is 0 Å². The Morgan fingerprint density at radius 1 is 1.08 bits per heavy atom. The van der Waals surface area contributed by atoms with E-state index in [1.54, 1.807) is 0 Å². The van der Waals surface area contributed by atoms with Gasteiger partial charge in [0, 0.05) is 18.7 Å². The van der Waals surface area contributed by atoms with Gasteiger partial charge in [-0.25, -0.2) is 0 Å². The van der Waals surface area contributed by atoms with Crippen molar-refractivity contribution in [2.24, 2.45) is 5.84 Å². The third-order valence-corrected chi connectivity index (χ3v) is 4.87. The summed E-state index contributed by atoms with van der Waals surface area (Å²) in [6.45, 7) is 0. The standard InChI is InChI=1S/C19H24N4O/c1-23(16-4-2-3-5-16)19(24)14-8-6-13(7-9-14)15-10-11-18(22-21)17(20)12-15/h6-12,16,22H,2-5,20-21H2,1H3. The van der Waals surface area contributed by atoms with Crippen molar-refractivity contribution in [3.05, 3.63) is 48.0 Å². The maximum absolute atomic E-state index is 12.6. The molecule has 0 aliphatic heterocycles. The van der Waals surface area contributed by atoms with Gasteiger partial charge in [-0.05, 0) is 48.2 Å². The van der Waals surface area contributed by atoms with Gasteiger partial charge < -0.3 is 16.1 Å². The fourth-order valence-corrected chi connectivity index (χ4v) is 3.34. The molecule has 1 aliphatic carbocycles. The zero-order valence-electron chi connectivity index (χ0n) is 14.0. The molecule has 0 radical (unpaired) electrons. The normalized spacial score (nSPS) is 14.6. The molecule has 0 heterocycles. The lowest BCUT2D eigenvalue weighted by atomic mass is 10.0. The number of carbonyl (C=O) groups is 1. The number of hydrogen-bond donors (Lipinski definition) is 3. The molecule has 5 nitrogen and oxygen atoms in total. The number of nitrogens with zero attached hydrogens (tertiary/aromatic N) is 1. The Bertz CT molecular complexity index is 721. The van der Waals surface area contributed by atoms with Crippen molar-refractivity contribution in [3.8, 4) is 11.1 Å². The third-order valence-electron chi connectivity index (χ3n) is 4.87. The van der Waals surface area contributed by atoms with E-state index in [4.69, 9.17) is 11.6 Å². The van der Waals surface area contributed by atoms with E-state index in [-0.39, 0.29) is 5.91 Å². The van der Waals surface area contributed by atoms with Crippen LogP contribution in [0.5, 0.6) is 0 Å². The van der Waals surface area contributed by atoms with Crippen LogP contribution in [0, 0.1) is 0 Å². The monoisotopic (exact) mass is 324 g/mol. The summed E-state index contributed by atoms with van der Waals surface area (Å²) in [5, 5.41) is 0. The lowest BCUT2D eigenvalue weighted by molar-refractivity contribution is 0.0735. The molecule has 0 bridgehead atoms. The number of rotatable bonds is 4. The van der Waals surface area contributed by atoms with Gasteiger partial charge in [-0.2, -0.15) is 0 Å². The predicted molar refractivity (Wildman–Crippen MR) is 98.5 cm³/mol. The summed E-state index contributed by atoms with van der Waals surface area (Å²) in [6, 6.07) is 13.7. The van der Waals surface area contributed by atoms with Gasteiger partial charge in [-0.1, -0.05) is 31.0 Å². The molecule has 24 heavy (non-hydrogen) atoms. The number of nitrogens with two attached hydrogens (primary N) is 2. The van der Waals surface area contributed by atoms with Crippen molar-refractivity contribution >= 4 is 17.3 Å². The van der Waals surface area contributed by atoms with Crippen LogP contribution in [0.1, 0.15) is 36.0 Å². The smallest absolute Gasteiger partial charge is 0.253 e. The van der Waals surface area contributed by atoms with Crippen LogP contribution in [0.15, 0.2) is 42.5 Å².